The highest BCUT2D eigenvalue weighted by Crippen LogP contribution is 2.10. The molecule has 0 aromatic rings. The van der Waals surface area contributed by atoms with Crippen molar-refractivity contribution >= 4 is 35.6 Å². The van der Waals surface area contributed by atoms with Gasteiger partial charge in [0, 0.05) is 0 Å². The first-order chi connectivity index (χ1) is 14.8. The Morgan fingerprint density at radius 3 is 2.06 bits per heavy atom. The highest BCUT2D eigenvalue weighted by atomic mass is 32.2. The van der Waals surface area contributed by atoms with E-state index in [1.54, 1.807) is 34.6 Å². The number of thioether (sulfide) groups is 1. The zero-order valence-electron chi connectivity index (χ0n) is 20.0. The van der Waals surface area contributed by atoms with Gasteiger partial charge in [-0.05, 0) is 70.9 Å². The van der Waals surface area contributed by atoms with Crippen LogP contribution in [0.2, 0.25) is 0 Å². The first-order valence-electron chi connectivity index (χ1n) is 10.8. The van der Waals surface area contributed by atoms with E-state index >= 15 is 0 Å². The fourth-order valence-corrected chi connectivity index (χ4v) is 3.23. The third-order valence-corrected chi connectivity index (χ3v) is 5.07. The lowest BCUT2D eigenvalue weighted by molar-refractivity contribution is -0.142. The van der Waals surface area contributed by atoms with Crippen LogP contribution in [-0.4, -0.2) is 71.3 Å². The van der Waals surface area contributed by atoms with Gasteiger partial charge in [0.1, 0.15) is 23.7 Å². The van der Waals surface area contributed by atoms with E-state index in [0.717, 1.165) is 0 Å². The van der Waals surface area contributed by atoms with Gasteiger partial charge in [0.25, 0.3) is 0 Å². The summed E-state index contributed by atoms with van der Waals surface area (Å²) in [6.45, 7) is 9.08. The number of rotatable bonds is 14. The summed E-state index contributed by atoms with van der Waals surface area (Å²) >= 11 is 1.51. The fraction of sp³-hybridized carbons (Fsp3) is 0.810. The molecular formula is C21H40N4O6S. The molecule has 6 N–H and O–H groups in total. The van der Waals surface area contributed by atoms with Gasteiger partial charge in [-0.25, -0.2) is 9.59 Å². The van der Waals surface area contributed by atoms with Gasteiger partial charge in [0.05, 0.1) is 0 Å². The molecule has 3 atom stereocenters. The summed E-state index contributed by atoms with van der Waals surface area (Å²) in [4.78, 5) is 49.4. The van der Waals surface area contributed by atoms with Crippen molar-refractivity contribution in [3.05, 3.63) is 0 Å². The number of alkyl carbamates (subject to hydrolysis) is 1. The van der Waals surface area contributed by atoms with Gasteiger partial charge in [0.2, 0.25) is 11.8 Å². The Morgan fingerprint density at radius 1 is 0.969 bits per heavy atom. The molecule has 0 aliphatic rings. The molecule has 0 bridgehead atoms. The van der Waals surface area contributed by atoms with E-state index in [0.29, 0.717) is 31.6 Å². The van der Waals surface area contributed by atoms with Gasteiger partial charge in [-0.1, -0.05) is 13.8 Å². The number of nitrogens with two attached hydrogens (primary N) is 1. The predicted molar refractivity (Wildman–Crippen MR) is 125 cm³/mol. The van der Waals surface area contributed by atoms with Crippen LogP contribution in [0.5, 0.6) is 0 Å². The Labute approximate surface area is 195 Å². The average molecular weight is 477 g/mol. The summed E-state index contributed by atoms with van der Waals surface area (Å²) in [5, 5.41) is 17.1. The van der Waals surface area contributed by atoms with Crippen LogP contribution in [0.3, 0.4) is 0 Å². The summed E-state index contributed by atoms with van der Waals surface area (Å²) < 4.78 is 5.23. The molecule has 0 heterocycles. The van der Waals surface area contributed by atoms with Crippen LogP contribution in [0.25, 0.3) is 0 Å². The first kappa shape index (κ1) is 30.0. The van der Waals surface area contributed by atoms with Gasteiger partial charge in [-0.2, -0.15) is 11.8 Å². The second-order valence-corrected chi connectivity index (χ2v) is 9.88. The maximum Gasteiger partial charge on any atom is 0.408 e. The number of carboxylic acid groups (broad SMARTS) is 1. The maximum absolute atomic E-state index is 12.9. The van der Waals surface area contributed by atoms with Crippen LogP contribution in [0.1, 0.15) is 60.3 Å². The molecule has 0 radical (unpaired) electrons. The number of nitrogens with one attached hydrogen (secondary N) is 3. The largest absolute Gasteiger partial charge is 0.480 e. The summed E-state index contributed by atoms with van der Waals surface area (Å²) in [6.07, 6.45) is 2.95. The van der Waals surface area contributed by atoms with Crippen LogP contribution in [-0.2, 0) is 19.1 Å². The molecule has 186 valence electrons. The first-order valence-corrected chi connectivity index (χ1v) is 12.2. The summed E-state index contributed by atoms with van der Waals surface area (Å²) in [6, 6.07) is -2.93. The van der Waals surface area contributed by atoms with E-state index in [1.165, 1.54) is 11.8 Å². The van der Waals surface area contributed by atoms with E-state index in [4.69, 9.17) is 10.5 Å². The number of unbranched alkanes of at least 4 members (excludes halogenated alkanes) is 1. The number of hydrogen-bond donors (Lipinski definition) is 5. The average Bonchev–Trinajstić information content (AvgIpc) is 2.66. The molecule has 10 nitrogen and oxygen atoms in total. The molecule has 0 aromatic carbocycles. The number of carbonyl (C=O) groups excluding carboxylic acids is 3. The minimum absolute atomic E-state index is 0.244. The van der Waals surface area contributed by atoms with Crippen LogP contribution >= 0.6 is 11.8 Å². The molecule has 0 rings (SSSR count). The van der Waals surface area contributed by atoms with Crippen LogP contribution < -0.4 is 21.7 Å². The molecule has 3 unspecified atom stereocenters. The monoisotopic (exact) mass is 476 g/mol. The maximum atomic E-state index is 12.9. The van der Waals surface area contributed by atoms with Crippen molar-refractivity contribution in [1.29, 1.82) is 0 Å². The van der Waals surface area contributed by atoms with Crippen LogP contribution in [0.15, 0.2) is 0 Å². The molecule has 0 saturated carbocycles. The third kappa shape index (κ3) is 12.7. The zero-order chi connectivity index (χ0) is 24.9. The van der Waals surface area contributed by atoms with Crippen molar-refractivity contribution in [3.63, 3.8) is 0 Å². The second kappa shape index (κ2) is 14.9. The molecule has 0 aliphatic heterocycles. The Balaban J connectivity index is 5.28. The minimum Gasteiger partial charge on any atom is -0.480 e. The van der Waals surface area contributed by atoms with E-state index in [-0.39, 0.29) is 12.3 Å². The SMILES string of the molecule is CSCCC(NC(=O)OC(C)(C)C)C(=O)NC(C(=O)NC(CCCCN)C(=O)O)C(C)C. The molecule has 0 aliphatic carbocycles. The summed E-state index contributed by atoms with van der Waals surface area (Å²) in [5.74, 6) is -1.97. The van der Waals surface area contributed by atoms with Gasteiger partial charge in [0.15, 0.2) is 0 Å². The molecule has 0 spiro atoms. The molecule has 0 saturated heterocycles. The predicted octanol–water partition coefficient (Wildman–Crippen LogP) is 1.47. The molecular weight excluding hydrogens is 436 g/mol. The third-order valence-electron chi connectivity index (χ3n) is 4.43. The summed E-state index contributed by atoms with van der Waals surface area (Å²) in [5.41, 5.74) is 4.72. The Kier molecular flexibility index (Phi) is 14.0. The topological polar surface area (TPSA) is 160 Å². The standard InChI is InChI=1S/C21H40N4O6S/c1-13(2)16(18(27)23-15(19(28)29)9-7-8-11-22)25-17(26)14(10-12-32-6)24-20(30)31-21(3,4)5/h13-16H,7-12,22H2,1-6H3,(H,23,27)(H,24,30)(H,25,26)(H,28,29). The molecule has 11 heteroatoms. The number of ether oxygens (including phenoxy) is 1. The van der Waals surface area contributed by atoms with E-state index < -0.39 is 47.6 Å². The fourth-order valence-electron chi connectivity index (χ4n) is 2.75. The minimum atomic E-state index is -1.14. The lowest BCUT2D eigenvalue weighted by atomic mass is 10.0. The lowest BCUT2D eigenvalue weighted by Gasteiger charge is -2.27. The second-order valence-electron chi connectivity index (χ2n) is 8.89. The van der Waals surface area contributed by atoms with Crippen molar-refractivity contribution in [2.24, 2.45) is 11.7 Å². The number of aliphatic carboxylic acids is 1. The van der Waals surface area contributed by atoms with Crippen molar-refractivity contribution in [2.75, 3.05) is 18.6 Å². The van der Waals surface area contributed by atoms with E-state index in [1.807, 2.05) is 6.26 Å². The number of hydrogen-bond acceptors (Lipinski definition) is 7. The quantitative estimate of drug-likeness (QED) is 0.236. The normalized spacial score (nSPS) is 14.2. The zero-order valence-corrected chi connectivity index (χ0v) is 20.8. The van der Waals surface area contributed by atoms with Gasteiger partial charge in [-0.3, -0.25) is 9.59 Å². The number of carbonyl (C=O) groups is 4. The highest BCUT2D eigenvalue weighted by molar-refractivity contribution is 7.98. The molecule has 0 aromatic heterocycles. The Hall–Kier alpha value is -2.01. The Morgan fingerprint density at radius 2 is 1.59 bits per heavy atom. The molecule has 32 heavy (non-hydrogen) atoms. The smallest absolute Gasteiger partial charge is 0.408 e. The van der Waals surface area contributed by atoms with Gasteiger partial charge >= 0.3 is 12.1 Å². The van der Waals surface area contributed by atoms with E-state index in [9.17, 15) is 24.3 Å². The lowest BCUT2D eigenvalue weighted by Crippen LogP contribution is -2.57. The highest BCUT2D eigenvalue weighted by Gasteiger charge is 2.31. The molecule has 3 amide bonds. The van der Waals surface area contributed by atoms with Crippen LogP contribution in [0.4, 0.5) is 4.79 Å². The Bertz CT molecular complexity index is 624. The van der Waals surface area contributed by atoms with Gasteiger partial charge in [-0.15, -0.1) is 0 Å². The van der Waals surface area contributed by atoms with Gasteiger partial charge < -0.3 is 31.5 Å². The van der Waals surface area contributed by atoms with E-state index in [2.05, 4.69) is 16.0 Å². The number of amides is 3. The van der Waals surface area contributed by atoms with Crippen molar-refractivity contribution in [1.82, 2.24) is 16.0 Å². The van der Waals surface area contributed by atoms with Crippen molar-refractivity contribution < 1.29 is 29.0 Å². The molecule has 0 fully saturated rings. The number of carboxylic acids is 1. The van der Waals surface area contributed by atoms with Crippen molar-refractivity contribution in [3.8, 4) is 0 Å². The summed E-state index contributed by atoms with van der Waals surface area (Å²) in [7, 11) is 0. The van der Waals surface area contributed by atoms with Crippen LogP contribution in [0, 0.1) is 5.92 Å². The van der Waals surface area contributed by atoms with Crippen molar-refractivity contribution in [2.45, 2.75) is 84.0 Å².